The van der Waals surface area contributed by atoms with E-state index < -0.39 is 24.4 Å². The van der Waals surface area contributed by atoms with E-state index in [0.717, 1.165) is 16.0 Å². The molecule has 0 spiro atoms. The van der Waals surface area contributed by atoms with E-state index in [1.165, 1.54) is 24.3 Å². The smallest absolute Gasteiger partial charge is 0.338 e. The molecule has 4 aromatic rings. The van der Waals surface area contributed by atoms with Crippen LogP contribution in [0.2, 0.25) is 0 Å². The van der Waals surface area contributed by atoms with Crippen LogP contribution in [-0.2, 0) is 4.74 Å². The van der Waals surface area contributed by atoms with E-state index in [9.17, 15) is 19.2 Å². The van der Waals surface area contributed by atoms with Gasteiger partial charge in [-0.05, 0) is 53.6 Å². The normalized spacial score (nSPS) is 12.4. The molecule has 0 unspecified atom stereocenters. The van der Waals surface area contributed by atoms with Gasteiger partial charge in [-0.25, -0.2) is 9.69 Å². The molecule has 0 bridgehead atoms. The zero-order valence-corrected chi connectivity index (χ0v) is 20.4. The summed E-state index contributed by atoms with van der Waals surface area (Å²) in [6, 6.07) is 27.7. The number of ketones is 1. The molecule has 5 rings (SSSR count). The van der Waals surface area contributed by atoms with Gasteiger partial charge in [0.2, 0.25) is 0 Å². The standard InChI is InChI=1S/C29H18BrNO5/c30-22-12-15-24-25(16-22)28(34)31(27(24)33)23-13-10-21(11-14-23)29(35)36-17-26(32)20-8-6-19(7-9-20)18-4-2-1-3-5-18/h1-16H,17H2. The van der Waals surface area contributed by atoms with Crippen molar-refractivity contribution in [2.24, 2.45) is 0 Å². The van der Waals surface area contributed by atoms with Gasteiger partial charge in [0, 0.05) is 10.0 Å². The fraction of sp³-hybridized carbons (Fsp3) is 0.0345. The third kappa shape index (κ3) is 4.48. The van der Waals surface area contributed by atoms with Crippen molar-refractivity contribution in [1.29, 1.82) is 0 Å². The number of esters is 1. The molecule has 0 aliphatic carbocycles. The van der Waals surface area contributed by atoms with Gasteiger partial charge >= 0.3 is 5.97 Å². The van der Waals surface area contributed by atoms with E-state index in [1.807, 2.05) is 42.5 Å². The first-order chi connectivity index (χ1) is 17.4. The van der Waals surface area contributed by atoms with Gasteiger partial charge in [-0.1, -0.05) is 70.5 Å². The molecule has 6 nitrogen and oxygen atoms in total. The Labute approximate surface area is 215 Å². The summed E-state index contributed by atoms with van der Waals surface area (Å²) in [5.41, 5.74) is 3.63. The van der Waals surface area contributed by atoms with Crippen molar-refractivity contribution in [2.45, 2.75) is 0 Å². The van der Waals surface area contributed by atoms with E-state index in [0.29, 0.717) is 26.9 Å². The zero-order chi connectivity index (χ0) is 25.2. The number of hydrogen-bond acceptors (Lipinski definition) is 5. The number of anilines is 1. The molecule has 0 atom stereocenters. The molecule has 0 radical (unpaired) electrons. The van der Waals surface area contributed by atoms with Gasteiger partial charge in [-0.3, -0.25) is 14.4 Å². The Morgan fingerprint density at radius 2 is 1.31 bits per heavy atom. The summed E-state index contributed by atoms with van der Waals surface area (Å²) in [6.45, 7) is -0.404. The van der Waals surface area contributed by atoms with Crippen molar-refractivity contribution < 1.29 is 23.9 Å². The van der Waals surface area contributed by atoms with E-state index in [2.05, 4.69) is 15.9 Å². The number of fused-ring (bicyclic) bond motifs is 1. The lowest BCUT2D eigenvalue weighted by Gasteiger charge is -2.14. The summed E-state index contributed by atoms with van der Waals surface area (Å²) >= 11 is 3.31. The first-order valence-electron chi connectivity index (χ1n) is 11.1. The number of imide groups is 1. The van der Waals surface area contributed by atoms with Gasteiger partial charge in [-0.2, -0.15) is 0 Å². The highest BCUT2D eigenvalue weighted by Gasteiger charge is 2.36. The molecule has 36 heavy (non-hydrogen) atoms. The number of amides is 2. The second kappa shape index (κ2) is 9.71. The Bertz CT molecular complexity index is 1500. The maximum atomic E-state index is 12.7. The number of ether oxygens (including phenoxy) is 1. The molecular formula is C29H18BrNO5. The molecule has 2 amide bonds. The zero-order valence-electron chi connectivity index (χ0n) is 18.8. The van der Waals surface area contributed by atoms with E-state index in [4.69, 9.17) is 4.74 Å². The summed E-state index contributed by atoms with van der Waals surface area (Å²) in [5.74, 6) is -1.86. The fourth-order valence-corrected chi connectivity index (χ4v) is 4.33. The topological polar surface area (TPSA) is 80.8 Å². The van der Waals surface area contributed by atoms with Crippen LogP contribution in [0.15, 0.2) is 102 Å². The van der Waals surface area contributed by atoms with Crippen LogP contribution in [0.1, 0.15) is 41.4 Å². The summed E-state index contributed by atoms with van der Waals surface area (Å²) in [7, 11) is 0. The van der Waals surface area contributed by atoms with E-state index in [-0.39, 0.29) is 11.3 Å². The minimum absolute atomic E-state index is 0.199. The number of Topliss-reactive ketones (excluding diaryl/α,β-unsaturated/α-hetero) is 1. The van der Waals surface area contributed by atoms with Crippen molar-refractivity contribution in [3.63, 3.8) is 0 Å². The third-order valence-electron chi connectivity index (χ3n) is 5.86. The van der Waals surface area contributed by atoms with Gasteiger partial charge in [0.1, 0.15) is 0 Å². The van der Waals surface area contributed by atoms with Gasteiger partial charge in [0.05, 0.1) is 22.4 Å². The van der Waals surface area contributed by atoms with Crippen LogP contribution in [-0.4, -0.2) is 30.2 Å². The second-order valence-corrected chi connectivity index (χ2v) is 9.04. The number of hydrogen-bond donors (Lipinski definition) is 0. The Morgan fingerprint density at radius 1 is 0.694 bits per heavy atom. The number of carbonyl (C=O) groups is 4. The molecular weight excluding hydrogens is 522 g/mol. The second-order valence-electron chi connectivity index (χ2n) is 8.13. The highest BCUT2D eigenvalue weighted by Crippen LogP contribution is 2.30. The van der Waals surface area contributed by atoms with E-state index >= 15 is 0 Å². The van der Waals surface area contributed by atoms with Crippen molar-refractivity contribution >= 4 is 45.2 Å². The molecule has 0 N–H and O–H groups in total. The van der Waals surface area contributed by atoms with Crippen LogP contribution in [0.3, 0.4) is 0 Å². The Morgan fingerprint density at radius 3 is 2.00 bits per heavy atom. The fourth-order valence-electron chi connectivity index (χ4n) is 3.97. The SMILES string of the molecule is O=C(COC(=O)c1ccc(N2C(=O)c3ccc(Br)cc3C2=O)cc1)c1ccc(-c2ccccc2)cc1. The molecule has 1 aliphatic rings. The number of carbonyl (C=O) groups excluding carboxylic acids is 4. The van der Waals surface area contributed by atoms with Gasteiger partial charge in [0.25, 0.3) is 11.8 Å². The average Bonchev–Trinajstić information content (AvgIpc) is 3.16. The molecule has 7 heteroatoms. The maximum absolute atomic E-state index is 12.7. The van der Waals surface area contributed by atoms with Crippen LogP contribution in [0.4, 0.5) is 5.69 Å². The average molecular weight is 540 g/mol. The van der Waals surface area contributed by atoms with Gasteiger partial charge < -0.3 is 4.74 Å². The van der Waals surface area contributed by atoms with E-state index in [1.54, 1.807) is 30.3 Å². The molecule has 1 heterocycles. The van der Waals surface area contributed by atoms with Crippen LogP contribution >= 0.6 is 15.9 Å². The largest absolute Gasteiger partial charge is 0.454 e. The molecule has 0 saturated heterocycles. The Kier molecular flexibility index (Phi) is 6.31. The monoisotopic (exact) mass is 539 g/mol. The van der Waals surface area contributed by atoms with Crippen LogP contribution in [0.5, 0.6) is 0 Å². The first kappa shape index (κ1) is 23.4. The van der Waals surface area contributed by atoms with Gasteiger partial charge in [0.15, 0.2) is 12.4 Å². The molecule has 0 saturated carbocycles. The Balaban J connectivity index is 1.22. The lowest BCUT2D eigenvalue weighted by molar-refractivity contribution is 0.0474. The Hall–Kier alpha value is -4.36. The van der Waals surface area contributed by atoms with Crippen molar-refractivity contribution in [3.05, 3.63) is 124 Å². The molecule has 0 fully saturated rings. The summed E-state index contributed by atoms with van der Waals surface area (Å²) < 4.78 is 5.89. The van der Waals surface area contributed by atoms with Crippen molar-refractivity contribution in [2.75, 3.05) is 11.5 Å². The predicted octanol–water partition coefficient (Wildman–Crippen LogP) is 5.96. The van der Waals surface area contributed by atoms with Gasteiger partial charge in [-0.15, -0.1) is 0 Å². The highest BCUT2D eigenvalue weighted by atomic mass is 79.9. The number of benzene rings is 4. The van der Waals surface area contributed by atoms with Crippen LogP contribution in [0, 0.1) is 0 Å². The predicted molar refractivity (Wildman–Crippen MR) is 138 cm³/mol. The summed E-state index contributed by atoms with van der Waals surface area (Å²) in [5, 5.41) is 0. The number of nitrogens with zero attached hydrogens (tertiary/aromatic N) is 1. The lowest BCUT2D eigenvalue weighted by atomic mass is 10.0. The third-order valence-corrected chi connectivity index (χ3v) is 6.35. The molecule has 1 aliphatic heterocycles. The van der Waals surface area contributed by atoms with Crippen LogP contribution < -0.4 is 4.90 Å². The van der Waals surface area contributed by atoms with Crippen molar-refractivity contribution in [3.8, 4) is 11.1 Å². The highest BCUT2D eigenvalue weighted by molar-refractivity contribution is 9.10. The van der Waals surface area contributed by atoms with Crippen molar-refractivity contribution in [1.82, 2.24) is 0 Å². The summed E-state index contributed by atoms with van der Waals surface area (Å²) in [4.78, 5) is 51.5. The quantitative estimate of drug-likeness (QED) is 0.171. The minimum Gasteiger partial charge on any atom is -0.454 e. The molecule has 4 aromatic carbocycles. The van der Waals surface area contributed by atoms with Crippen LogP contribution in [0.25, 0.3) is 11.1 Å². The maximum Gasteiger partial charge on any atom is 0.338 e. The molecule has 0 aromatic heterocycles. The summed E-state index contributed by atoms with van der Waals surface area (Å²) in [6.07, 6.45) is 0. The number of rotatable bonds is 6. The molecule has 176 valence electrons. The minimum atomic E-state index is -0.679. The lowest BCUT2D eigenvalue weighted by Crippen LogP contribution is -2.29. The number of halogens is 1. The first-order valence-corrected chi connectivity index (χ1v) is 11.9.